The lowest BCUT2D eigenvalue weighted by atomic mass is 10.1. The van der Waals surface area contributed by atoms with Crippen LogP contribution in [0.1, 0.15) is 29.2 Å². The van der Waals surface area contributed by atoms with Crippen LogP contribution in [0.5, 0.6) is 0 Å². The SMILES string of the molecule is c1ccc(-n2cc(CN[C@@H]3CCc4ccccc43)cn2)cc1. The second kappa shape index (κ2) is 5.78. The Kier molecular flexibility index (Phi) is 3.49. The molecule has 1 aromatic heterocycles. The fourth-order valence-electron chi connectivity index (χ4n) is 3.18. The molecule has 0 radical (unpaired) electrons. The van der Waals surface area contributed by atoms with Crippen LogP contribution >= 0.6 is 0 Å². The average Bonchev–Trinajstić information content (AvgIpc) is 3.21. The Morgan fingerprint density at radius 2 is 1.86 bits per heavy atom. The molecule has 1 heterocycles. The summed E-state index contributed by atoms with van der Waals surface area (Å²) < 4.78 is 1.93. The van der Waals surface area contributed by atoms with E-state index < -0.39 is 0 Å². The minimum absolute atomic E-state index is 0.469. The number of aryl methyl sites for hydroxylation is 1. The standard InChI is InChI=1S/C19H19N3/c1-2-7-17(8-3-1)22-14-15(13-21-22)12-20-19-11-10-16-6-4-5-9-18(16)19/h1-9,13-14,19-20H,10-12H2/t19-/m1/s1. The van der Waals surface area contributed by atoms with E-state index in [0.29, 0.717) is 6.04 Å². The molecule has 22 heavy (non-hydrogen) atoms. The van der Waals surface area contributed by atoms with E-state index in [1.54, 1.807) is 0 Å². The monoisotopic (exact) mass is 289 g/mol. The van der Waals surface area contributed by atoms with E-state index in [9.17, 15) is 0 Å². The Morgan fingerprint density at radius 3 is 2.77 bits per heavy atom. The Balaban J connectivity index is 1.44. The summed E-state index contributed by atoms with van der Waals surface area (Å²) in [5.74, 6) is 0. The van der Waals surface area contributed by atoms with Gasteiger partial charge in [-0.3, -0.25) is 0 Å². The van der Waals surface area contributed by atoms with E-state index in [1.807, 2.05) is 29.1 Å². The molecule has 0 bridgehead atoms. The Morgan fingerprint density at radius 1 is 1.05 bits per heavy atom. The second-order valence-corrected chi connectivity index (χ2v) is 5.80. The molecule has 1 aliphatic rings. The first kappa shape index (κ1) is 13.3. The molecule has 1 atom stereocenters. The molecule has 0 saturated carbocycles. The van der Waals surface area contributed by atoms with E-state index in [1.165, 1.54) is 29.5 Å². The summed E-state index contributed by atoms with van der Waals surface area (Å²) in [6.45, 7) is 0.853. The van der Waals surface area contributed by atoms with Crippen LogP contribution in [0.4, 0.5) is 0 Å². The molecule has 0 amide bonds. The zero-order chi connectivity index (χ0) is 14.8. The summed E-state index contributed by atoms with van der Waals surface area (Å²) in [5, 5.41) is 8.12. The number of para-hydroxylation sites is 1. The largest absolute Gasteiger partial charge is 0.306 e. The van der Waals surface area contributed by atoms with Crippen molar-refractivity contribution in [2.75, 3.05) is 0 Å². The molecule has 3 nitrogen and oxygen atoms in total. The minimum atomic E-state index is 0.469. The van der Waals surface area contributed by atoms with Crippen LogP contribution in [-0.4, -0.2) is 9.78 Å². The van der Waals surface area contributed by atoms with Gasteiger partial charge in [0, 0.05) is 24.3 Å². The van der Waals surface area contributed by atoms with E-state index in [0.717, 1.165) is 12.2 Å². The van der Waals surface area contributed by atoms with Gasteiger partial charge in [0.05, 0.1) is 11.9 Å². The average molecular weight is 289 g/mol. The van der Waals surface area contributed by atoms with Crippen LogP contribution in [0.3, 0.4) is 0 Å². The molecule has 0 fully saturated rings. The van der Waals surface area contributed by atoms with Crippen LogP contribution in [0.15, 0.2) is 67.0 Å². The molecule has 0 unspecified atom stereocenters. The highest BCUT2D eigenvalue weighted by molar-refractivity contribution is 5.34. The molecule has 2 aromatic carbocycles. The van der Waals surface area contributed by atoms with Crippen molar-refractivity contribution in [3.63, 3.8) is 0 Å². The number of hydrogen-bond donors (Lipinski definition) is 1. The van der Waals surface area contributed by atoms with Crippen molar-refractivity contribution < 1.29 is 0 Å². The maximum atomic E-state index is 4.45. The molecule has 3 heteroatoms. The van der Waals surface area contributed by atoms with Gasteiger partial charge in [-0.15, -0.1) is 0 Å². The Hall–Kier alpha value is -2.39. The maximum absolute atomic E-state index is 4.45. The van der Waals surface area contributed by atoms with Crippen molar-refractivity contribution >= 4 is 0 Å². The Labute approximate surface area is 130 Å². The zero-order valence-corrected chi connectivity index (χ0v) is 12.4. The van der Waals surface area contributed by atoms with Gasteiger partial charge in [0.25, 0.3) is 0 Å². The summed E-state index contributed by atoms with van der Waals surface area (Å²) in [5.41, 5.74) is 5.26. The van der Waals surface area contributed by atoms with Gasteiger partial charge in [0.2, 0.25) is 0 Å². The number of fused-ring (bicyclic) bond motifs is 1. The maximum Gasteiger partial charge on any atom is 0.0645 e. The fourth-order valence-corrected chi connectivity index (χ4v) is 3.18. The molecule has 0 spiro atoms. The molecule has 4 rings (SSSR count). The summed E-state index contributed by atoms with van der Waals surface area (Å²) in [7, 11) is 0. The van der Waals surface area contributed by atoms with Gasteiger partial charge in [-0.1, -0.05) is 42.5 Å². The van der Waals surface area contributed by atoms with Crippen LogP contribution < -0.4 is 5.32 Å². The summed E-state index contributed by atoms with van der Waals surface area (Å²) in [6.07, 6.45) is 6.41. The van der Waals surface area contributed by atoms with Gasteiger partial charge in [-0.2, -0.15) is 5.10 Å². The number of nitrogens with one attached hydrogen (secondary N) is 1. The number of benzene rings is 2. The van der Waals surface area contributed by atoms with Crippen LogP contribution in [-0.2, 0) is 13.0 Å². The van der Waals surface area contributed by atoms with Gasteiger partial charge < -0.3 is 5.32 Å². The smallest absolute Gasteiger partial charge is 0.0645 e. The van der Waals surface area contributed by atoms with Crippen molar-refractivity contribution in [3.05, 3.63) is 83.7 Å². The van der Waals surface area contributed by atoms with Crippen LogP contribution in [0, 0.1) is 0 Å². The highest BCUT2D eigenvalue weighted by atomic mass is 15.3. The molecule has 110 valence electrons. The summed E-state index contributed by atoms with van der Waals surface area (Å²) in [6, 6.07) is 19.4. The number of hydrogen-bond acceptors (Lipinski definition) is 2. The van der Waals surface area contributed by atoms with E-state index in [4.69, 9.17) is 0 Å². The first-order valence-electron chi connectivity index (χ1n) is 7.80. The number of nitrogens with zero attached hydrogens (tertiary/aromatic N) is 2. The molecule has 0 saturated heterocycles. The molecule has 0 aliphatic heterocycles. The third kappa shape index (κ3) is 2.55. The fraction of sp³-hybridized carbons (Fsp3) is 0.211. The lowest BCUT2D eigenvalue weighted by Gasteiger charge is -2.13. The Bertz CT molecular complexity index is 761. The highest BCUT2D eigenvalue weighted by Gasteiger charge is 2.21. The highest BCUT2D eigenvalue weighted by Crippen LogP contribution is 2.30. The summed E-state index contributed by atoms with van der Waals surface area (Å²) in [4.78, 5) is 0. The lowest BCUT2D eigenvalue weighted by Crippen LogP contribution is -2.18. The molecular weight excluding hydrogens is 270 g/mol. The predicted octanol–water partition coefficient (Wildman–Crippen LogP) is 3.65. The van der Waals surface area contributed by atoms with E-state index >= 15 is 0 Å². The van der Waals surface area contributed by atoms with Gasteiger partial charge in [-0.05, 0) is 36.1 Å². The van der Waals surface area contributed by atoms with Gasteiger partial charge in [-0.25, -0.2) is 4.68 Å². The van der Waals surface area contributed by atoms with Gasteiger partial charge in [0.15, 0.2) is 0 Å². The van der Waals surface area contributed by atoms with Crippen LogP contribution in [0.2, 0.25) is 0 Å². The van der Waals surface area contributed by atoms with Crippen molar-refractivity contribution in [1.82, 2.24) is 15.1 Å². The second-order valence-electron chi connectivity index (χ2n) is 5.80. The first-order valence-corrected chi connectivity index (χ1v) is 7.80. The quantitative estimate of drug-likeness (QED) is 0.794. The molecule has 3 aromatic rings. The third-order valence-corrected chi connectivity index (χ3v) is 4.34. The minimum Gasteiger partial charge on any atom is -0.306 e. The third-order valence-electron chi connectivity index (χ3n) is 4.34. The van der Waals surface area contributed by atoms with Crippen molar-refractivity contribution in [3.8, 4) is 5.69 Å². The molecule has 1 aliphatic carbocycles. The first-order chi connectivity index (χ1) is 10.9. The molecular formula is C19H19N3. The van der Waals surface area contributed by atoms with Gasteiger partial charge >= 0.3 is 0 Å². The van der Waals surface area contributed by atoms with Crippen molar-refractivity contribution in [1.29, 1.82) is 0 Å². The molecule has 1 N–H and O–H groups in total. The summed E-state index contributed by atoms with van der Waals surface area (Å²) >= 11 is 0. The van der Waals surface area contributed by atoms with Crippen molar-refractivity contribution in [2.24, 2.45) is 0 Å². The van der Waals surface area contributed by atoms with E-state index in [2.05, 4.69) is 53.0 Å². The topological polar surface area (TPSA) is 29.9 Å². The van der Waals surface area contributed by atoms with Crippen LogP contribution in [0.25, 0.3) is 5.69 Å². The van der Waals surface area contributed by atoms with E-state index in [-0.39, 0.29) is 0 Å². The zero-order valence-electron chi connectivity index (χ0n) is 12.4. The van der Waals surface area contributed by atoms with Gasteiger partial charge in [0.1, 0.15) is 0 Å². The number of aromatic nitrogens is 2. The lowest BCUT2D eigenvalue weighted by molar-refractivity contribution is 0.530. The van der Waals surface area contributed by atoms with Crippen molar-refractivity contribution in [2.45, 2.75) is 25.4 Å². The number of rotatable bonds is 4. The predicted molar refractivity (Wildman–Crippen MR) is 87.9 cm³/mol. The normalized spacial score (nSPS) is 16.6.